The second-order valence-corrected chi connectivity index (χ2v) is 7.51. The van der Waals surface area contributed by atoms with E-state index in [4.69, 9.17) is 11.6 Å². The Hall–Kier alpha value is -2.38. The monoisotopic (exact) mass is 387 g/mol. The number of rotatable bonds is 5. The molecular formula is C19H22ClN5O2. The number of piperazine rings is 1. The van der Waals surface area contributed by atoms with Gasteiger partial charge in [-0.1, -0.05) is 23.7 Å². The van der Waals surface area contributed by atoms with Crippen LogP contribution >= 0.6 is 11.6 Å². The van der Waals surface area contributed by atoms with Crippen LogP contribution in [0, 0.1) is 0 Å². The van der Waals surface area contributed by atoms with E-state index in [0.29, 0.717) is 55.0 Å². The molecule has 2 amide bonds. The van der Waals surface area contributed by atoms with Gasteiger partial charge in [-0.3, -0.25) is 19.6 Å². The van der Waals surface area contributed by atoms with Crippen molar-refractivity contribution in [3.05, 3.63) is 41.0 Å². The Morgan fingerprint density at radius 2 is 1.85 bits per heavy atom. The Labute approximate surface area is 162 Å². The maximum Gasteiger partial charge on any atom is 0.257 e. The minimum absolute atomic E-state index is 0.0456. The van der Waals surface area contributed by atoms with Crippen molar-refractivity contribution in [1.82, 2.24) is 25.3 Å². The highest BCUT2D eigenvalue weighted by molar-refractivity contribution is 6.30. The fraction of sp³-hybridized carbons (Fsp3) is 0.421. The predicted molar refractivity (Wildman–Crippen MR) is 103 cm³/mol. The number of carbonyl (C=O) groups excluding carboxylic acids is 2. The Morgan fingerprint density at radius 3 is 2.52 bits per heavy atom. The van der Waals surface area contributed by atoms with Gasteiger partial charge in [0.15, 0.2) is 0 Å². The van der Waals surface area contributed by atoms with E-state index >= 15 is 0 Å². The number of benzene rings is 1. The molecule has 2 heterocycles. The Kier molecular flexibility index (Phi) is 5.13. The lowest BCUT2D eigenvalue weighted by Gasteiger charge is -2.34. The van der Waals surface area contributed by atoms with Gasteiger partial charge in [0.05, 0.1) is 24.0 Å². The second-order valence-electron chi connectivity index (χ2n) is 7.08. The van der Waals surface area contributed by atoms with E-state index in [0.717, 1.165) is 18.4 Å². The van der Waals surface area contributed by atoms with Crippen LogP contribution in [0.4, 0.5) is 0 Å². The number of amides is 2. The minimum Gasteiger partial charge on any atom is -0.352 e. The molecule has 1 saturated carbocycles. The molecule has 2 aromatic rings. The molecule has 1 aromatic carbocycles. The highest BCUT2D eigenvalue weighted by Crippen LogP contribution is 2.24. The first-order chi connectivity index (χ1) is 13.1. The van der Waals surface area contributed by atoms with Gasteiger partial charge in [0.1, 0.15) is 0 Å². The Morgan fingerprint density at radius 1 is 1.15 bits per heavy atom. The van der Waals surface area contributed by atoms with Gasteiger partial charge in [-0.15, -0.1) is 0 Å². The van der Waals surface area contributed by atoms with Crippen LogP contribution in [0.15, 0.2) is 30.5 Å². The van der Waals surface area contributed by atoms with Crippen LogP contribution in [-0.2, 0) is 4.79 Å². The van der Waals surface area contributed by atoms with Crippen LogP contribution in [-0.4, -0.2) is 70.6 Å². The average molecular weight is 388 g/mol. The maximum absolute atomic E-state index is 12.9. The highest BCUT2D eigenvalue weighted by atomic mass is 35.5. The maximum atomic E-state index is 12.9. The van der Waals surface area contributed by atoms with E-state index in [9.17, 15) is 9.59 Å². The Balaban J connectivity index is 1.36. The molecule has 142 valence electrons. The molecule has 2 aliphatic rings. The summed E-state index contributed by atoms with van der Waals surface area (Å²) < 4.78 is 0. The first-order valence-electron chi connectivity index (χ1n) is 9.20. The normalized spacial score (nSPS) is 17.7. The molecule has 7 nitrogen and oxygen atoms in total. The zero-order valence-electron chi connectivity index (χ0n) is 14.9. The summed E-state index contributed by atoms with van der Waals surface area (Å²) in [5.74, 6) is 0.0351. The van der Waals surface area contributed by atoms with Crippen LogP contribution < -0.4 is 5.32 Å². The van der Waals surface area contributed by atoms with Gasteiger partial charge in [0, 0.05) is 42.8 Å². The third-order valence-corrected chi connectivity index (χ3v) is 5.22. The largest absolute Gasteiger partial charge is 0.352 e. The molecular weight excluding hydrogens is 366 g/mol. The summed E-state index contributed by atoms with van der Waals surface area (Å²) >= 11 is 5.94. The number of aromatic amines is 1. The fourth-order valence-corrected chi connectivity index (χ4v) is 3.39. The number of aromatic nitrogens is 2. The smallest absolute Gasteiger partial charge is 0.257 e. The van der Waals surface area contributed by atoms with E-state index in [-0.39, 0.29) is 11.8 Å². The summed E-state index contributed by atoms with van der Waals surface area (Å²) in [6.45, 7) is 2.98. The van der Waals surface area contributed by atoms with Crippen molar-refractivity contribution in [3.8, 4) is 11.3 Å². The number of H-pyrrole nitrogens is 1. The molecule has 4 rings (SSSR count). The number of nitrogens with zero attached hydrogens (tertiary/aromatic N) is 3. The number of carbonyl (C=O) groups is 2. The summed E-state index contributed by atoms with van der Waals surface area (Å²) in [5.41, 5.74) is 2.12. The van der Waals surface area contributed by atoms with Gasteiger partial charge in [-0.2, -0.15) is 5.10 Å². The van der Waals surface area contributed by atoms with Crippen molar-refractivity contribution in [2.24, 2.45) is 0 Å². The zero-order chi connectivity index (χ0) is 18.8. The van der Waals surface area contributed by atoms with Gasteiger partial charge >= 0.3 is 0 Å². The van der Waals surface area contributed by atoms with Crippen LogP contribution in [0.2, 0.25) is 5.02 Å². The lowest BCUT2D eigenvalue weighted by Crippen LogP contribution is -2.51. The van der Waals surface area contributed by atoms with Crippen LogP contribution in [0.3, 0.4) is 0 Å². The summed E-state index contributed by atoms with van der Waals surface area (Å²) in [7, 11) is 0. The Bertz CT molecular complexity index is 823. The minimum atomic E-state index is -0.0456. The first kappa shape index (κ1) is 18.0. The van der Waals surface area contributed by atoms with Gasteiger partial charge in [0.25, 0.3) is 5.91 Å². The standard InChI is InChI=1S/C19H22ClN5O2/c20-14-3-1-13(2-4-14)18-16(11-21-23-18)19(27)25-9-7-24(8-10-25)12-17(26)22-15-5-6-15/h1-4,11,15H,5-10,12H2,(H,21,23)(H,22,26). The summed E-state index contributed by atoms with van der Waals surface area (Å²) in [4.78, 5) is 28.8. The molecule has 8 heteroatoms. The summed E-state index contributed by atoms with van der Waals surface area (Å²) in [5, 5.41) is 10.6. The number of halogens is 1. The molecule has 0 atom stereocenters. The molecule has 2 fully saturated rings. The van der Waals surface area contributed by atoms with Gasteiger partial charge in [0.2, 0.25) is 5.91 Å². The molecule has 1 aromatic heterocycles. The van der Waals surface area contributed by atoms with Crippen molar-refractivity contribution < 1.29 is 9.59 Å². The van der Waals surface area contributed by atoms with Gasteiger partial charge in [-0.25, -0.2) is 0 Å². The number of nitrogens with one attached hydrogen (secondary N) is 2. The van der Waals surface area contributed by atoms with Crippen LogP contribution in [0.5, 0.6) is 0 Å². The molecule has 0 unspecified atom stereocenters. The van der Waals surface area contributed by atoms with Crippen molar-refractivity contribution >= 4 is 23.4 Å². The molecule has 1 saturated heterocycles. The third kappa shape index (κ3) is 4.31. The number of hydrogen-bond acceptors (Lipinski definition) is 4. The molecule has 0 bridgehead atoms. The summed E-state index contributed by atoms with van der Waals surface area (Å²) in [6.07, 6.45) is 3.76. The second kappa shape index (κ2) is 7.70. The van der Waals surface area contributed by atoms with E-state index in [1.807, 2.05) is 17.0 Å². The van der Waals surface area contributed by atoms with Gasteiger partial charge < -0.3 is 10.2 Å². The fourth-order valence-electron chi connectivity index (χ4n) is 3.27. The predicted octanol–water partition coefficient (Wildman–Crippen LogP) is 1.77. The molecule has 1 aliphatic carbocycles. The van der Waals surface area contributed by atoms with Crippen LogP contribution in [0.1, 0.15) is 23.2 Å². The van der Waals surface area contributed by atoms with E-state index < -0.39 is 0 Å². The lowest BCUT2D eigenvalue weighted by molar-refractivity contribution is -0.122. The van der Waals surface area contributed by atoms with E-state index in [2.05, 4.69) is 20.4 Å². The molecule has 0 radical (unpaired) electrons. The van der Waals surface area contributed by atoms with Crippen molar-refractivity contribution in [3.63, 3.8) is 0 Å². The quantitative estimate of drug-likeness (QED) is 0.819. The molecule has 2 N–H and O–H groups in total. The van der Waals surface area contributed by atoms with E-state index in [1.165, 1.54) is 0 Å². The topological polar surface area (TPSA) is 81.3 Å². The zero-order valence-corrected chi connectivity index (χ0v) is 15.7. The van der Waals surface area contributed by atoms with Crippen molar-refractivity contribution in [2.75, 3.05) is 32.7 Å². The third-order valence-electron chi connectivity index (χ3n) is 4.97. The van der Waals surface area contributed by atoms with Crippen molar-refractivity contribution in [1.29, 1.82) is 0 Å². The van der Waals surface area contributed by atoms with Crippen molar-refractivity contribution in [2.45, 2.75) is 18.9 Å². The average Bonchev–Trinajstić information content (AvgIpc) is 3.34. The van der Waals surface area contributed by atoms with Gasteiger partial charge in [-0.05, 0) is 25.0 Å². The number of hydrogen-bond donors (Lipinski definition) is 2. The molecule has 27 heavy (non-hydrogen) atoms. The SMILES string of the molecule is O=C(CN1CCN(C(=O)c2cn[nH]c2-c2ccc(Cl)cc2)CC1)NC1CC1. The summed E-state index contributed by atoms with van der Waals surface area (Å²) in [6, 6.07) is 7.69. The molecule has 1 aliphatic heterocycles. The lowest BCUT2D eigenvalue weighted by atomic mass is 10.1. The van der Waals surface area contributed by atoms with Crippen LogP contribution in [0.25, 0.3) is 11.3 Å². The van der Waals surface area contributed by atoms with E-state index in [1.54, 1.807) is 18.3 Å². The first-order valence-corrected chi connectivity index (χ1v) is 9.58. The highest BCUT2D eigenvalue weighted by Gasteiger charge is 2.28. The molecule has 0 spiro atoms.